The van der Waals surface area contributed by atoms with Crippen molar-refractivity contribution in [3.8, 4) is 5.88 Å². The molecule has 2 N–H and O–H groups in total. The number of carbonyl (C=O) groups is 1. The molecule has 6 heteroatoms. The lowest BCUT2D eigenvalue weighted by molar-refractivity contribution is -0.137. The van der Waals surface area contributed by atoms with Gasteiger partial charge < -0.3 is 15.2 Å². The summed E-state index contributed by atoms with van der Waals surface area (Å²) in [4.78, 5) is 18.6. The fourth-order valence-electron chi connectivity index (χ4n) is 1.49. The molecule has 0 saturated carbocycles. The SMILES string of the molecule is CCCOc1ccnc(NCCCCCC(=O)O)n1. The maximum Gasteiger partial charge on any atom is 0.303 e. The van der Waals surface area contributed by atoms with Crippen molar-refractivity contribution in [1.82, 2.24) is 9.97 Å². The molecule has 1 rings (SSSR count). The van der Waals surface area contributed by atoms with Gasteiger partial charge in [-0.3, -0.25) is 4.79 Å². The van der Waals surface area contributed by atoms with Crippen LogP contribution in [0, 0.1) is 0 Å². The van der Waals surface area contributed by atoms with Crippen LogP contribution in [0.15, 0.2) is 12.3 Å². The highest BCUT2D eigenvalue weighted by Gasteiger charge is 2.00. The summed E-state index contributed by atoms with van der Waals surface area (Å²) in [6.07, 6.45) is 5.32. The molecule has 0 aliphatic heterocycles. The Morgan fingerprint density at radius 3 is 3.00 bits per heavy atom. The van der Waals surface area contributed by atoms with Gasteiger partial charge in [-0.15, -0.1) is 0 Å². The minimum Gasteiger partial charge on any atom is -0.481 e. The fraction of sp³-hybridized carbons (Fsp3) is 0.615. The van der Waals surface area contributed by atoms with Gasteiger partial charge in [0.25, 0.3) is 0 Å². The third kappa shape index (κ3) is 7.23. The van der Waals surface area contributed by atoms with Crippen LogP contribution < -0.4 is 10.1 Å². The summed E-state index contributed by atoms with van der Waals surface area (Å²) in [5.41, 5.74) is 0. The number of unbranched alkanes of at least 4 members (excludes halogenated alkanes) is 2. The van der Waals surface area contributed by atoms with Gasteiger partial charge in [0.1, 0.15) is 0 Å². The molecule has 0 aliphatic carbocycles. The van der Waals surface area contributed by atoms with Crippen molar-refractivity contribution < 1.29 is 14.6 Å². The van der Waals surface area contributed by atoms with Crippen LogP contribution in [0.5, 0.6) is 5.88 Å². The monoisotopic (exact) mass is 267 g/mol. The van der Waals surface area contributed by atoms with E-state index < -0.39 is 5.97 Å². The van der Waals surface area contributed by atoms with E-state index in [2.05, 4.69) is 15.3 Å². The first kappa shape index (κ1) is 15.2. The van der Waals surface area contributed by atoms with Gasteiger partial charge in [0.2, 0.25) is 11.8 Å². The lowest BCUT2D eigenvalue weighted by Crippen LogP contribution is -2.07. The van der Waals surface area contributed by atoms with E-state index in [4.69, 9.17) is 9.84 Å². The number of ether oxygens (including phenoxy) is 1. The zero-order valence-corrected chi connectivity index (χ0v) is 11.3. The summed E-state index contributed by atoms with van der Waals surface area (Å²) in [6.45, 7) is 3.42. The number of rotatable bonds is 10. The van der Waals surface area contributed by atoms with Crippen molar-refractivity contribution in [2.45, 2.75) is 39.0 Å². The van der Waals surface area contributed by atoms with E-state index in [0.717, 1.165) is 25.8 Å². The Balaban J connectivity index is 2.19. The number of carboxylic acid groups (broad SMARTS) is 1. The quantitative estimate of drug-likeness (QED) is 0.633. The third-order valence-corrected chi connectivity index (χ3v) is 2.43. The number of hydrogen-bond donors (Lipinski definition) is 2. The molecule has 0 amide bonds. The van der Waals surface area contributed by atoms with Gasteiger partial charge in [-0.05, 0) is 19.3 Å². The highest BCUT2D eigenvalue weighted by molar-refractivity contribution is 5.66. The van der Waals surface area contributed by atoms with E-state index >= 15 is 0 Å². The number of nitrogens with zero attached hydrogens (tertiary/aromatic N) is 2. The van der Waals surface area contributed by atoms with Crippen LogP contribution in [0.1, 0.15) is 39.0 Å². The molecule has 0 radical (unpaired) electrons. The van der Waals surface area contributed by atoms with E-state index in [0.29, 0.717) is 24.9 Å². The van der Waals surface area contributed by atoms with Crippen molar-refractivity contribution in [2.24, 2.45) is 0 Å². The molecule has 6 nitrogen and oxygen atoms in total. The molecule has 0 unspecified atom stereocenters. The molecule has 0 bridgehead atoms. The second-order valence-electron chi connectivity index (χ2n) is 4.20. The highest BCUT2D eigenvalue weighted by Crippen LogP contribution is 2.09. The second kappa shape index (κ2) is 9.13. The second-order valence-corrected chi connectivity index (χ2v) is 4.20. The molecule has 0 aromatic carbocycles. The number of carboxylic acids is 1. The smallest absolute Gasteiger partial charge is 0.303 e. The van der Waals surface area contributed by atoms with Crippen molar-refractivity contribution in [1.29, 1.82) is 0 Å². The first-order valence-electron chi connectivity index (χ1n) is 6.64. The molecule has 0 fully saturated rings. The van der Waals surface area contributed by atoms with Crippen molar-refractivity contribution in [3.05, 3.63) is 12.3 Å². The Morgan fingerprint density at radius 1 is 1.42 bits per heavy atom. The molecule has 106 valence electrons. The van der Waals surface area contributed by atoms with Crippen LogP contribution in [-0.2, 0) is 4.79 Å². The average molecular weight is 267 g/mol. The van der Waals surface area contributed by atoms with Gasteiger partial charge in [0.05, 0.1) is 6.61 Å². The molecule has 1 aromatic heterocycles. The number of nitrogens with one attached hydrogen (secondary N) is 1. The molecule has 1 aromatic rings. The van der Waals surface area contributed by atoms with Gasteiger partial charge in [0, 0.05) is 25.2 Å². The largest absolute Gasteiger partial charge is 0.481 e. The van der Waals surface area contributed by atoms with Crippen LogP contribution in [0.4, 0.5) is 5.95 Å². The van der Waals surface area contributed by atoms with Crippen molar-refractivity contribution >= 4 is 11.9 Å². The topological polar surface area (TPSA) is 84.3 Å². The van der Waals surface area contributed by atoms with E-state index in [-0.39, 0.29) is 6.42 Å². The standard InChI is InChI=1S/C13H21N3O3/c1-2-10-19-11-7-9-15-13(16-11)14-8-5-3-4-6-12(17)18/h7,9H,2-6,8,10H2,1H3,(H,17,18)(H,14,15,16). The Hall–Kier alpha value is -1.85. The van der Waals surface area contributed by atoms with Crippen molar-refractivity contribution in [2.75, 3.05) is 18.5 Å². The summed E-state index contributed by atoms with van der Waals surface area (Å²) in [6, 6.07) is 1.73. The minimum absolute atomic E-state index is 0.233. The molecule has 0 atom stereocenters. The van der Waals surface area contributed by atoms with Crippen LogP contribution in [0.3, 0.4) is 0 Å². The molecule has 0 spiro atoms. The fourth-order valence-corrected chi connectivity index (χ4v) is 1.49. The normalized spacial score (nSPS) is 10.2. The zero-order valence-electron chi connectivity index (χ0n) is 11.3. The molecule has 1 heterocycles. The Kier molecular flexibility index (Phi) is 7.31. The first-order valence-corrected chi connectivity index (χ1v) is 6.64. The Labute approximate surface area is 113 Å². The molecule has 19 heavy (non-hydrogen) atoms. The maximum absolute atomic E-state index is 10.3. The summed E-state index contributed by atoms with van der Waals surface area (Å²) in [7, 11) is 0. The first-order chi connectivity index (χ1) is 9.22. The zero-order chi connectivity index (χ0) is 13.9. The van der Waals surface area contributed by atoms with Crippen molar-refractivity contribution in [3.63, 3.8) is 0 Å². The lowest BCUT2D eigenvalue weighted by Gasteiger charge is -2.07. The Bertz CT molecular complexity index is 385. The van der Waals surface area contributed by atoms with Gasteiger partial charge in [-0.25, -0.2) is 4.98 Å². The molecular formula is C13H21N3O3. The van der Waals surface area contributed by atoms with Crippen LogP contribution >= 0.6 is 0 Å². The van der Waals surface area contributed by atoms with Crippen LogP contribution in [0.2, 0.25) is 0 Å². The molecule has 0 aliphatic rings. The van der Waals surface area contributed by atoms with Gasteiger partial charge >= 0.3 is 5.97 Å². The van der Waals surface area contributed by atoms with Crippen LogP contribution in [-0.4, -0.2) is 34.2 Å². The van der Waals surface area contributed by atoms with Gasteiger partial charge in [-0.1, -0.05) is 13.3 Å². The number of aromatic nitrogens is 2. The third-order valence-electron chi connectivity index (χ3n) is 2.43. The predicted molar refractivity (Wildman–Crippen MR) is 72.4 cm³/mol. The average Bonchev–Trinajstić information content (AvgIpc) is 2.40. The molecule has 0 saturated heterocycles. The number of hydrogen-bond acceptors (Lipinski definition) is 5. The van der Waals surface area contributed by atoms with E-state index in [9.17, 15) is 4.79 Å². The Morgan fingerprint density at radius 2 is 2.26 bits per heavy atom. The summed E-state index contributed by atoms with van der Waals surface area (Å²) < 4.78 is 5.41. The predicted octanol–water partition coefficient (Wildman–Crippen LogP) is 2.32. The van der Waals surface area contributed by atoms with Gasteiger partial charge in [0.15, 0.2) is 0 Å². The van der Waals surface area contributed by atoms with E-state index in [1.165, 1.54) is 0 Å². The lowest BCUT2D eigenvalue weighted by atomic mass is 10.2. The number of anilines is 1. The summed E-state index contributed by atoms with van der Waals surface area (Å²) in [5.74, 6) is 0.383. The summed E-state index contributed by atoms with van der Waals surface area (Å²) >= 11 is 0. The maximum atomic E-state index is 10.3. The minimum atomic E-state index is -0.739. The molecular weight excluding hydrogens is 246 g/mol. The van der Waals surface area contributed by atoms with E-state index in [1.807, 2.05) is 6.92 Å². The van der Waals surface area contributed by atoms with Gasteiger partial charge in [-0.2, -0.15) is 4.98 Å². The number of aliphatic carboxylic acids is 1. The highest BCUT2D eigenvalue weighted by atomic mass is 16.5. The van der Waals surface area contributed by atoms with Crippen LogP contribution in [0.25, 0.3) is 0 Å². The van der Waals surface area contributed by atoms with E-state index in [1.54, 1.807) is 12.3 Å². The summed E-state index contributed by atoms with van der Waals surface area (Å²) in [5, 5.41) is 11.6.